The van der Waals surface area contributed by atoms with Crippen LogP contribution in [0.5, 0.6) is 5.75 Å². The maximum absolute atomic E-state index is 9.50. The number of benzene rings is 1. The van der Waals surface area contributed by atoms with E-state index in [2.05, 4.69) is 27.9 Å². The number of ether oxygens (including phenoxy) is 1. The molecule has 1 aromatic carbocycles. The van der Waals surface area contributed by atoms with Crippen molar-refractivity contribution in [2.75, 3.05) is 31.3 Å². The van der Waals surface area contributed by atoms with Crippen molar-refractivity contribution >= 4 is 23.5 Å². The fourth-order valence-electron chi connectivity index (χ4n) is 2.39. The molecule has 0 atom stereocenters. The van der Waals surface area contributed by atoms with E-state index in [1.807, 2.05) is 24.3 Å². The van der Waals surface area contributed by atoms with Gasteiger partial charge in [0.25, 0.3) is 0 Å². The van der Waals surface area contributed by atoms with Crippen LogP contribution in [0.2, 0.25) is 0 Å². The zero-order valence-corrected chi connectivity index (χ0v) is 16.1. The first-order valence-corrected chi connectivity index (χ1v) is 9.07. The third kappa shape index (κ3) is 6.26. The van der Waals surface area contributed by atoms with Crippen molar-refractivity contribution in [2.45, 2.75) is 32.6 Å². The lowest BCUT2D eigenvalue weighted by atomic mass is 10.1. The lowest BCUT2D eigenvalue weighted by Crippen LogP contribution is -2.15. The molecule has 0 saturated heterocycles. The van der Waals surface area contributed by atoms with E-state index in [1.165, 1.54) is 19.3 Å². The lowest BCUT2D eigenvalue weighted by Gasteiger charge is -2.11. The Kier molecular flexibility index (Phi) is 7.56. The first-order valence-electron chi connectivity index (χ1n) is 9.07. The van der Waals surface area contributed by atoms with Gasteiger partial charge in [0.2, 0.25) is 11.9 Å². The molecule has 0 saturated carbocycles. The Morgan fingerprint density at radius 1 is 1.15 bits per heavy atom. The van der Waals surface area contributed by atoms with Crippen molar-refractivity contribution < 1.29 is 4.74 Å². The van der Waals surface area contributed by atoms with Crippen LogP contribution in [-0.4, -0.2) is 35.7 Å². The van der Waals surface area contributed by atoms with Crippen molar-refractivity contribution in [2.24, 2.45) is 0 Å². The molecular formula is C20H26N6O. The van der Waals surface area contributed by atoms with Gasteiger partial charge in [0.1, 0.15) is 11.8 Å². The number of anilines is 2. The third-order valence-electron chi connectivity index (χ3n) is 3.86. The number of nitrogen functional groups attached to an aromatic ring is 1. The highest BCUT2D eigenvalue weighted by Crippen LogP contribution is 2.19. The number of rotatable bonds is 9. The van der Waals surface area contributed by atoms with Gasteiger partial charge >= 0.3 is 0 Å². The Morgan fingerprint density at radius 2 is 1.89 bits per heavy atom. The summed E-state index contributed by atoms with van der Waals surface area (Å²) in [6.45, 7) is 2.91. The molecule has 2 aromatic rings. The van der Waals surface area contributed by atoms with E-state index in [-0.39, 0.29) is 11.8 Å². The molecule has 0 bridgehead atoms. The molecule has 0 radical (unpaired) electrons. The number of unbranched alkanes of at least 4 members (excludes halogenated alkanes) is 3. The van der Waals surface area contributed by atoms with Crippen LogP contribution in [0.3, 0.4) is 0 Å². The van der Waals surface area contributed by atoms with E-state index < -0.39 is 0 Å². The zero-order chi connectivity index (χ0) is 19.6. The van der Waals surface area contributed by atoms with Crippen LogP contribution in [-0.2, 0) is 0 Å². The van der Waals surface area contributed by atoms with Crippen LogP contribution in [0.1, 0.15) is 44.0 Å². The fourth-order valence-corrected chi connectivity index (χ4v) is 2.39. The first-order chi connectivity index (χ1) is 13.0. The van der Waals surface area contributed by atoms with Crippen molar-refractivity contribution in [1.82, 2.24) is 15.0 Å². The monoisotopic (exact) mass is 366 g/mol. The summed E-state index contributed by atoms with van der Waals surface area (Å²) in [5.74, 6) is 1.56. The molecule has 27 heavy (non-hydrogen) atoms. The van der Waals surface area contributed by atoms with E-state index in [0.717, 1.165) is 24.3 Å². The molecule has 142 valence electrons. The molecular weight excluding hydrogens is 340 g/mol. The maximum Gasteiger partial charge on any atom is 0.230 e. The van der Waals surface area contributed by atoms with Gasteiger partial charge in [-0.3, -0.25) is 0 Å². The molecule has 2 rings (SSSR count). The summed E-state index contributed by atoms with van der Waals surface area (Å²) in [5, 5.41) is 9.50. The summed E-state index contributed by atoms with van der Waals surface area (Å²) >= 11 is 0. The molecule has 1 heterocycles. The number of hydrogen-bond donors (Lipinski definition) is 1. The first kappa shape index (κ1) is 20.2. The maximum atomic E-state index is 9.50. The minimum atomic E-state index is 0.0803. The topological polar surface area (TPSA) is 101 Å². The van der Waals surface area contributed by atoms with Gasteiger partial charge in [-0.15, -0.1) is 0 Å². The van der Waals surface area contributed by atoms with Crippen molar-refractivity contribution in [3.8, 4) is 11.8 Å². The second-order valence-electron chi connectivity index (χ2n) is 6.36. The van der Waals surface area contributed by atoms with Gasteiger partial charge in [0.05, 0.1) is 12.2 Å². The smallest absolute Gasteiger partial charge is 0.230 e. The summed E-state index contributed by atoms with van der Waals surface area (Å²) in [6, 6.07) is 9.72. The molecule has 7 nitrogen and oxygen atoms in total. The van der Waals surface area contributed by atoms with Gasteiger partial charge in [-0.1, -0.05) is 38.3 Å². The van der Waals surface area contributed by atoms with Crippen LogP contribution in [0.15, 0.2) is 24.3 Å². The van der Waals surface area contributed by atoms with Gasteiger partial charge in [-0.05, 0) is 30.2 Å². The third-order valence-corrected chi connectivity index (χ3v) is 3.86. The minimum absolute atomic E-state index is 0.0803. The predicted octanol–water partition coefficient (Wildman–Crippen LogP) is 3.54. The molecule has 2 N–H and O–H groups in total. The molecule has 7 heteroatoms. The molecule has 0 unspecified atom stereocenters. The molecule has 0 amide bonds. The highest BCUT2D eigenvalue weighted by Gasteiger charge is 2.10. The Labute approximate surface area is 160 Å². The van der Waals surface area contributed by atoms with Crippen LogP contribution < -0.4 is 15.4 Å². The van der Waals surface area contributed by atoms with E-state index in [9.17, 15) is 5.26 Å². The molecule has 0 aliphatic carbocycles. The van der Waals surface area contributed by atoms with Crippen LogP contribution in [0.4, 0.5) is 11.9 Å². The van der Waals surface area contributed by atoms with Crippen molar-refractivity contribution in [1.29, 1.82) is 5.26 Å². The predicted molar refractivity (Wildman–Crippen MR) is 108 cm³/mol. The van der Waals surface area contributed by atoms with E-state index in [0.29, 0.717) is 11.5 Å². The minimum Gasteiger partial charge on any atom is -0.494 e. The molecule has 1 aromatic heterocycles. The number of nitriles is 1. The van der Waals surface area contributed by atoms with E-state index in [1.54, 1.807) is 25.1 Å². The number of nitrogens with two attached hydrogens (primary N) is 1. The molecule has 0 spiro atoms. The number of hydrogen-bond acceptors (Lipinski definition) is 7. The molecule has 0 aliphatic rings. The van der Waals surface area contributed by atoms with E-state index >= 15 is 0 Å². The lowest BCUT2D eigenvalue weighted by molar-refractivity contribution is 0.305. The quantitative estimate of drug-likeness (QED) is 0.535. The molecule has 0 aliphatic heterocycles. The van der Waals surface area contributed by atoms with Crippen molar-refractivity contribution in [3.63, 3.8) is 0 Å². The summed E-state index contributed by atoms with van der Waals surface area (Å²) in [7, 11) is 3.60. The van der Waals surface area contributed by atoms with Gasteiger partial charge in [-0.25, -0.2) is 0 Å². The second-order valence-corrected chi connectivity index (χ2v) is 6.36. The van der Waals surface area contributed by atoms with E-state index in [4.69, 9.17) is 10.5 Å². The standard InChI is InChI=1S/C20H26N6O/c1-4-5-6-7-12-27-17-10-8-15(9-11-17)13-16(14-21)18-23-19(22)25-20(24-18)26(2)3/h8-11,13H,4-7,12H2,1-3H3,(H2,22,23,24,25)/b16-13+. The van der Waals surface area contributed by atoms with Crippen molar-refractivity contribution in [3.05, 3.63) is 35.7 Å². The van der Waals surface area contributed by atoms with Crippen LogP contribution in [0, 0.1) is 11.3 Å². The fraction of sp³-hybridized carbons (Fsp3) is 0.400. The van der Waals surface area contributed by atoms with Gasteiger partial charge in [-0.2, -0.15) is 20.2 Å². The highest BCUT2D eigenvalue weighted by molar-refractivity contribution is 5.87. The van der Waals surface area contributed by atoms with Gasteiger partial charge in [0, 0.05) is 14.1 Å². The normalized spacial score (nSPS) is 11.1. The number of nitrogens with zero attached hydrogens (tertiary/aromatic N) is 5. The largest absolute Gasteiger partial charge is 0.494 e. The Morgan fingerprint density at radius 3 is 2.52 bits per heavy atom. The second kappa shape index (κ2) is 10.1. The SMILES string of the molecule is CCCCCCOc1ccc(/C=C(\C#N)c2nc(N)nc(N(C)C)n2)cc1. The summed E-state index contributed by atoms with van der Waals surface area (Å²) in [4.78, 5) is 14.1. The average molecular weight is 366 g/mol. The summed E-state index contributed by atoms with van der Waals surface area (Å²) in [5.41, 5.74) is 6.91. The zero-order valence-electron chi connectivity index (χ0n) is 16.1. The average Bonchev–Trinajstić information content (AvgIpc) is 2.66. The Hall–Kier alpha value is -3.14. The highest BCUT2D eigenvalue weighted by atomic mass is 16.5. The summed E-state index contributed by atoms with van der Waals surface area (Å²) < 4.78 is 5.74. The Balaban J connectivity index is 2.11. The summed E-state index contributed by atoms with van der Waals surface area (Å²) in [6.07, 6.45) is 6.42. The Bertz CT molecular complexity index is 808. The molecule has 0 fully saturated rings. The number of allylic oxidation sites excluding steroid dienone is 1. The number of aromatic nitrogens is 3. The van der Waals surface area contributed by atoms with Gasteiger partial charge in [0.15, 0.2) is 5.82 Å². The van der Waals surface area contributed by atoms with Crippen LogP contribution in [0.25, 0.3) is 11.6 Å². The van der Waals surface area contributed by atoms with Crippen LogP contribution >= 0.6 is 0 Å². The van der Waals surface area contributed by atoms with Gasteiger partial charge < -0.3 is 15.4 Å².